The number of unbranched alkanes of at least 4 members (excludes halogenated alkanes) is 1. The van der Waals surface area contributed by atoms with Crippen molar-refractivity contribution in [2.24, 2.45) is 0 Å². The number of aliphatic hydroxyl groups excluding tert-OH is 1. The first-order chi connectivity index (χ1) is 4.98. The Morgan fingerprint density at radius 1 is 1.25 bits per heavy atom. The molecule has 1 N–H and O–H groups in total. The Bertz CT molecular complexity index is 109. The number of rotatable bonds is 4. The van der Waals surface area contributed by atoms with Gasteiger partial charge >= 0.3 is 6.18 Å². The summed E-state index contributed by atoms with van der Waals surface area (Å²) in [7, 11) is 0. The minimum atomic E-state index is -4.48. The van der Waals surface area contributed by atoms with Gasteiger partial charge in [-0.1, -0.05) is 0 Å². The molecule has 0 heterocycles. The molecule has 1 unspecified atom stereocenters. The van der Waals surface area contributed by atoms with Gasteiger partial charge in [-0.3, -0.25) is 0 Å². The molecule has 0 rings (SSSR count). The third kappa shape index (κ3) is 7.34. The van der Waals surface area contributed by atoms with Crippen LogP contribution in [0.3, 0.4) is 0 Å². The van der Waals surface area contributed by atoms with Gasteiger partial charge in [0.15, 0.2) is 0 Å². The smallest absolute Gasteiger partial charge is 0.384 e. The van der Waals surface area contributed by atoms with Gasteiger partial charge in [0.05, 0.1) is 0 Å². The van der Waals surface area contributed by atoms with E-state index in [-0.39, 0.29) is 26.5 Å². The van der Waals surface area contributed by atoms with Crippen LogP contribution in [0.15, 0.2) is 0 Å². The van der Waals surface area contributed by atoms with Crippen LogP contribution in [0.2, 0.25) is 0 Å². The molecule has 6 heteroatoms. The van der Waals surface area contributed by atoms with E-state index in [2.05, 4.69) is 0 Å². The summed E-state index contributed by atoms with van der Waals surface area (Å²) in [6.07, 6.45) is -6.10. The Morgan fingerprint density at radius 2 is 1.75 bits per heavy atom. The maximum Gasteiger partial charge on any atom is 0.414 e. The number of alkyl halides is 4. The molecule has 0 saturated carbocycles. The van der Waals surface area contributed by atoms with Crippen LogP contribution in [-0.2, 0) is 20.1 Å². The maximum absolute atomic E-state index is 11.6. The molecule has 0 bridgehead atoms. The van der Waals surface area contributed by atoms with E-state index in [9.17, 15) is 13.2 Å². The third-order valence-corrected chi connectivity index (χ3v) is 1.51. The number of hydrogen-bond donors (Lipinski definition) is 1. The van der Waals surface area contributed by atoms with Crippen molar-refractivity contribution >= 4 is 11.6 Å². The van der Waals surface area contributed by atoms with Crippen LogP contribution in [0.5, 0.6) is 0 Å². The monoisotopic (exact) mass is 383 g/mol. The molecule has 0 aromatic rings. The maximum atomic E-state index is 11.6. The predicted octanol–water partition coefficient (Wildman–Crippen LogP) is 2.32. The van der Waals surface area contributed by atoms with Gasteiger partial charge in [0.25, 0.3) is 0 Å². The van der Waals surface area contributed by atoms with Crippen molar-refractivity contribution < 1.29 is 38.4 Å². The first-order valence-electron chi connectivity index (χ1n) is 3.29. The average molecular weight is 383 g/mol. The van der Waals surface area contributed by atoms with E-state index in [0.29, 0.717) is 18.7 Å². The first kappa shape index (κ1) is 15.2. The second-order valence-electron chi connectivity index (χ2n) is 2.24. The summed E-state index contributed by atoms with van der Waals surface area (Å²) in [6, 6.07) is 0. The Morgan fingerprint density at radius 3 is 2.08 bits per heavy atom. The van der Waals surface area contributed by atoms with Crippen molar-refractivity contribution in [3.63, 3.8) is 0 Å². The summed E-state index contributed by atoms with van der Waals surface area (Å²) in [6.45, 7) is 0. The topological polar surface area (TPSA) is 20.2 Å². The van der Waals surface area contributed by atoms with E-state index in [4.69, 9.17) is 16.7 Å². The Kier molecular flexibility index (Phi) is 9.01. The summed E-state index contributed by atoms with van der Waals surface area (Å²) < 4.78 is 34.8. The molecular formula is C6H10ClF3IrO. The van der Waals surface area contributed by atoms with Gasteiger partial charge in [-0.15, -0.1) is 11.6 Å². The third-order valence-electron chi connectivity index (χ3n) is 1.24. The van der Waals surface area contributed by atoms with E-state index in [1.807, 2.05) is 0 Å². The fraction of sp³-hybridized carbons (Fsp3) is 1.00. The summed E-state index contributed by atoms with van der Waals surface area (Å²) in [4.78, 5) is 0. The van der Waals surface area contributed by atoms with Crippen LogP contribution >= 0.6 is 11.6 Å². The molecule has 0 spiro atoms. The van der Waals surface area contributed by atoms with Crippen LogP contribution in [0.1, 0.15) is 19.3 Å². The molecule has 0 aromatic carbocycles. The van der Waals surface area contributed by atoms with Crippen molar-refractivity contribution in [2.75, 3.05) is 5.88 Å². The zero-order valence-corrected chi connectivity index (χ0v) is 9.35. The van der Waals surface area contributed by atoms with Crippen LogP contribution in [0.25, 0.3) is 0 Å². The molecule has 0 amide bonds. The SMILES string of the molecule is OC(CCCCCl)C(F)(F)F.[Ir]. The Balaban J connectivity index is 0. The molecular weight excluding hydrogens is 373 g/mol. The van der Waals surface area contributed by atoms with Crippen molar-refractivity contribution in [1.29, 1.82) is 0 Å². The fourth-order valence-electron chi connectivity index (χ4n) is 0.596. The van der Waals surface area contributed by atoms with Gasteiger partial charge in [0.2, 0.25) is 0 Å². The number of hydrogen-bond acceptors (Lipinski definition) is 1. The van der Waals surface area contributed by atoms with Gasteiger partial charge in [-0.2, -0.15) is 13.2 Å². The zero-order chi connectivity index (χ0) is 8.91. The van der Waals surface area contributed by atoms with Crippen molar-refractivity contribution in [3.8, 4) is 0 Å². The van der Waals surface area contributed by atoms with E-state index in [1.54, 1.807) is 0 Å². The first-order valence-corrected chi connectivity index (χ1v) is 3.82. The summed E-state index contributed by atoms with van der Waals surface area (Å²) >= 11 is 5.24. The molecule has 0 aliphatic heterocycles. The molecule has 0 fully saturated rings. The van der Waals surface area contributed by atoms with Gasteiger partial charge < -0.3 is 5.11 Å². The van der Waals surface area contributed by atoms with E-state index < -0.39 is 12.3 Å². The van der Waals surface area contributed by atoms with Crippen LogP contribution in [0.4, 0.5) is 13.2 Å². The molecule has 1 atom stereocenters. The van der Waals surface area contributed by atoms with Crippen LogP contribution < -0.4 is 0 Å². The minimum Gasteiger partial charge on any atom is -0.384 e. The molecule has 1 nitrogen and oxygen atoms in total. The summed E-state index contributed by atoms with van der Waals surface area (Å²) in [5, 5.41) is 8.44. The Hall–Kier alpha value is 0.689. The van der Waals surface area contributed by atoms with E-state index in [1.165, 1.54) is 0 Å². The van der Waals surface area contributed by atoms with E-state index in [0.717, 1.165) is 0 Å². The molecule has 77 valence electrons. The number of halogens is 4. The molecule has 0 aromatic heterocycles. The molecule has 0 aliphatic carbocycles. The predicted molar refractivity (Wildman–Crippen MR) is 36.6 cm³/mol. The molecule has 1 radical (unpaired) electrons. The summed E-state index contributed by atoms with van der Waals surface area (Å²) in [5.74, 6) is 0.338. The van der Waals surface area contributed by atoms with E-state index >= 15 is 0 Å². The van der Waals surface area contributed by atoms with Crippen LogP contribution in [0, 0.1) is 0 Å². The van der Waals surface area contributed by atoms with Gasteiger partial charge in [0.1, 0.15) is 6.10 Å². The molecule has 12 heavy (non-hydrogen) atoms. The quantitative estimate of drug-likeness (QED) is 0.584. The molecule has 0 saturated heterocycles. The summed E-state index contributed by atoms with van der Waals surface area (Å²) in [5.41, 5.74) is 0. The standard InChI is InChI=1S/C6H10ClF3O.Ir/c7-4-2-1-3-5(11)6(8,9)10;/h5,11H,1-4H2;. The molecule has 0 aliphatic rings. The largest absolute Gasteiger partial charge is 0.414 e. The van der Waals surface area contributed by atoms with Gasteiger partial charge in [-0.05, 0) is 19.3 Å². The Labute approximate surface area is 87.6 Å². The van der Waals surface area contributed by atoms with Gasteiger partial charge in [-0.25, -0.2) is 0 Å². The van der Waals surface area contributed by atoms with Gasteiger partial charge in [0, 0.05) is 26.0 Å². The van der Waals surface area contributed by atoms with Crippen molar-refractivity contribution in [3.05, 3.63) is 0 Å². The second kappa shape index (κ2) is 7.13. The minimum absolute atomic E-state index is 0. The fourth-order valence-corrected chi connectivity index (χ4v) is 0.785. The zero-order valence-electron chi connectivity index (χ0n) is 6.20. The van der Waals surface area contributed by atoms with Crippen molar-refractivity contribution in [2.45, 2.75) is 31.5 Å². The average Bonchev–Trinajstić information content (AvgIpc) is 1.86. The second-order valence-corrected chi connectivity index (χ2v) is 2.62. The number of aliphatic hydroxyl groups is 1. The van der Waals surface area contributed by atoms with Crippen LogP contribution in [-0.4, -0.2) is 23.3 Å². The normalized spacial score (nSPS) is 13.8. The van der Waals surface area contributed by atoms with Crippen molar-refractivity contribution in [1.82, 2.24) is 0 Å².